The van der Waals surface area contributed by atoms with Gasteiger partial charge in [0.2, 0.25) is 0 Å². The summed E-state index contributed by atoms with van der Waals surface area (Å²) in [6, 6.07) is 3.14. The van der Waals surface area contributed by atoms with Gasteiger partial charge in [0.05, 0.1) is 18.5 Å². The molecular weight excluding hydrogens is 277 g/mol. The molecular formula is C12H17F3N2O3. The first-order valence-corrected chi connectivity index (χ1v) is 5.95. The first-order chi connectivity index (χ1) is 9.43. The molecule has 5 nitrogen and oxygen atoms in total. The average Bonchev–Trinajstić information content (AvgIpc) is 2.41. The minimum atomic E-state index is -4.68. The maximum Gasteiger partial charge on any atom is 0.417 e. The van der Waals surface area contributed by atoms with E-state index >= 15 is 0 Å². The lowest BCUT2D eigenvalue weighted by Crippen LogP contribution is -2.34. The fourth-order valence-corrected chi connectivity index (χ4v) is 1.26. The Morgan fingerprint density at radius 2 is 2.15 bits per heavy atom. The van der Waals surface area contributed by atoms with Gasteiger partial charge >= 0.3 is 6.18 Å². The molecule has 0 fully saturated rings. The first kappa shape index (κ1) is 16.7. The van der Waals surface area contributed by atoms with Crippen molar-refractivity contribution in [3.05, 3.63) is 24.0 Å². The molecule has 114 valence electrons. The number of pyridine rings is 1. The Bertz CT molecular complexity index is 385. The summed E-state index contributed by atoms with van der Waals surface area (Å²) in [5.74, 6) is 0.175. The van der Waals surface area contributed by atoms with E-state index in [4.69, 9.17) is 14.6 Å². The number of hydrogen-bond donors (Lipinski definition) is 2. The van der Waals surface area contributed by atoms with E-state index in [1.54, 1.807) is 13.2 Å². The third-order valence-electron chi connectivity index (χ3n) is 2.37. The predicted molar refractivity (Wildman–Crippen MR) is 65.4 cm³/mol. The second-order valence-electron chi connectivity index (χ2n) is 4.02. The summed E-state index contributed by atoms with van der Waals surface area (Å²) in [5, 5.41) is 11.9. The van der Waals surface area contributed by atoms with Crippen LogP contribution < -0.4 is 10.1 Å². The van der Waals surface area contributed by atoms with Crippen LogP contribution >= 0.6 is 0 Å². The highest BCUT2D eigenvalue weighted by Crippen LogP contribution is 2.21. The molecule has 0 aliphatic carbocycles. The Balaban J connectivity index is 2.35. The van der Waals surface area contributed by atoms with Crippen LogP contribution in [-0.4, -0.2) is 49.2 Å². The monoisotopic (exact) mass is 294 g/mol. The Morgan fingerprint density at radius 3 is 2.70 bits per heavy atom. The number of nitrogens with zero attached hydrogens (tertiary/aromatic N) is 1. The van der Waals surface area contributed by atoms with Gasteiger partial charge in [-0.2, -0.15) is 13.2 Å². The van der Waals surface area contributed by atoms with Gasteiger partial charge in [0.15, 0.2) is 6.10 Å². The van der Waals surface area contributed by atoms with E-state index in [1.807, 2.05) is 0 Å². The predicted octanol–water partition coefficient (Wildman–Crippen LogP) is 1.12. The van der Waals surface area contributed by atoms with Crippen molar-refractivity contribution in [2.45, 2.75) is 18.8 Å². The number of rotatable bonds is 8. The Hall–Kier alpha value is -1.38. The number of nitrogens with one attached hydrogen (secondary N) is 1. The Morgan fingerprint density at radius 1 is 1.40 bits per heavy atom. The molecule has 1 rings (SSSR count). The molecule has 0 radical (unpaired) electrons. The third-order valence-corrected chi connectivity index (χ3v) is 2.37. The lowest BCUT2D eigenvalue weighted by Gasteiger charge is -2.15. The van der Waals surface area contributed by atoms with Crippen LogP contribution in [0.2, 0.25) is 0 Å². The van der Waals surface area contributed by atoms with E-state index in [2.05, 4.69) is 10.3 Å². The van der Waals surface area contributed by atoms with Crippen LogP contribution in [0, 0.1) is 0 Å². The second-order valence-corrected chi connectivity index (χ2v) is 4.02. The highest BCUT2D eigenvalue weighted by Gasteiger charge is 2.38. The van der Waals surface area contributed by atoms with Gasteiger partial charge in [-0.15, -0.1) is 0 Å². The van der Waals surface area contributed by atoms with Crippen LogP contribution in [0.1, 0.15) is 5.69 Å². The molecule has 0 saturated carbocycles. The third kappa shape index (κ3) is 6.18. The largest absolute Gasteiger partial charge is 0.489 e. The van der Waals surface area contributed by atoms with Crippen molar-refractivity contribution in [2.24, 2.45) is 0 Å². The maximum absolute atomic E-state index is 12.1. The fourth-order valence-electron chi connectivity index (χ4n) is 1.26. The van der Waals surface area contributed by atoms with E-state index in [-0.39, 0.29) is 5.75 Å². The van der Waals surface area contributed by atoms with Gasteiger partial charge in [-0.25, -0.2) is 0 Å². The molecule has 0 aliphatic rings. The van der Waals surface area contributed by atoms with Gasteiger partial charge in [0, 0.05) is 20.2 Å². The summed E-state index contributed by atoms with van der Waals surface area (Å²) in [7, 11) is 1.60. The normalized spacial score (nSPS) is 13.2. The molecule has 20 heavy (non-hydrogen) atoms. The summed E-state index contributed by atoms with van der Waals surface area (Å²) in [6.45, 7) is 0.927. The lowest BCUT2D eigenvalue weighted by atomic mass is 10.3. The summed E-state index contributed by atoms with van der Waals surface area (Å²) in [6.07, 6.45) is -5.87. The minimum Gasteiger partial charge on any atom is -0.489 e. The molecule has 0 aliphatic heterocycles. The number of ether oxygens (including phenoxy) is 2. The van der Waals surface area contributed by atoms with Gasteiger partial charge < -0.3 is 19.9 Å². The molecule has 0 saturated heterocycles. The quantitative estimate of drug-likeness (QED) is 0.704. The summed E-state index contributed by atoms with van der Waals surface area (Å²) in [4.78, 5) is 4.03. The SMILES string of the molecule is COCCNCc1ccc(OCC(O)C(F)(F)F)cn1. The topological polar surface area (TPSA) is 63.6 Å². The van der Waals surface area contributed by atoms with Crippen molar-refractivity contribution >= 4 is 0 Å². The molecule has 0 aromatic carbocycles. The molecule has 2 N–H and O–H groups in total. The fraction of sp³-hybridized carbons (Fsp3) is 0.583. The lowest BCUT2D eigenvalue weighted by molar-refractivity contribution is -0.210. The van der Waals surface area contributed by atoms with Crippen LogP contribution in [0.5, 0.6) is 5.75 Å². The number of halogens is 3. The van der Waals surface area contributed by atoms with E-state index in [9.17, 15) is 13.2 Å². The van der Waals surface area contributed by atoms with E-state index < -0.39 is 18.9 Å². The number of aromatic nitrogens is 1. The summed E-state index contributed by atoms with van der Waals surface area (Å²) < 4.78 is 45.8. The van der Waals surface area contributed by atoms with Crippen LogP contribution in [0.3, 0.4) is 0 Å². The molecule has 1 heterocycles. The zero-order valence-corrected chi connectivity index (χ0v) is 11.0. The van der Waals surface area contributed by atoms with E-state index in [0.29, 0.717) is 19.7 Å². The number of alkyl halides is 3. The van der Waals surface area contributed by atoms with Gasteiger partial charge in [0.25, 0.3) is 0 Å². The van der Waals surface area contributed by atoms with Crippen molar-refractivity contribution in [2.75, 3.05) is 26.9 Å². The van der Waals surface area contributed by atoms with E-state index in [0.717, 1.165) is 5.69 Å². The molecule has 8 heteroatoms. The second kappa shape index (κ2) is 8.03. The zero-order chi connectivity index (χ0) is 15.0. The number of aliphatic hydroxyl groups excluding tert-OH is 1. The van der Waals surface area contributed by atoms with Crippen LogP contribution in [0.15, 0.2) is 18.3 Å². The molecule has 1 atom stereocenters. The number of aliphatic hydroxyl groups is 1. The smallest absolute Gasteiger partial charge is 0.417 e. The minimum absolute atomic E-state index is 0.175. The molecule has 1 aromatic heterocycles. The Kier molecular flexibility index (Phi) is 6.69. The molecule has 0 spiro atoms. The highest BCUT2D eigenvalue weighted by molar-refractivity contribution is 5.19. The molecule has 0 bridgehead atoms. The number of hydrogen-bond acceptors (Lipinski definition) is 5. The van der Waals surface area contributed by atoms with Crippen molar-refractivity contribution < 1.29 is 27.8 Å². The van der Waals surface area contributed by atoms with Crippen molar-refractivity contribution in [1.29, 1.82) is 0 Å². The first-order valence-electron chi connectivity index (χ1n) is 5.95. The van der Waals surface area contributed by atoms with Crippen molar-refractivity contribution in [1.82, 2.24) is 10.3 Å². The van der Waals surface area contributed by atoms with Crippen LogP contribution in [0.25, 0.3) is 0 Å². The summed E-state index contributed by atoms with van der Waals surface area (Å²) >= 11 is 0. The van der Waals surface area contributed by atoms with Crippen LogP contribution in [0.4, 0.5) is 13.2 Å². The van der Waals surface area contributed by atoms with E-state index in [1.165, 1.54) is 12.3 Å². The van der Waals surface area contributed by atoms with Gasteiger partial charge in [-0.05, 0) is 12.1 Å². The van der Waals surface area contributed by atoms with Gasteiger partial charge in [0.1, 0.15) is 12.4 Å². The number of methoxy groups -OCH3 is 1. The zero-order valence-electron chi connectivity index (χ0n) is 11.0. The highest BCUT2D eigenvalue weighted by atomic mass is 19.4. The maximum atomic E-state index is 12.1. The Labute approximate surface area is 114 Å². The summed E-state index contributed by atoms with van der Waals surface area (Å²) in [5.41, 5.74) is 0.727. The molecule has 0 amide bonds. The van der Waals surface area contributed by atoms with Crippen molar-refractivity contribution in [3.63, 3.8) is 0 Å². The average molecular weight is 294 g/mol. The van der Waals surface area contributed by atoms with Crippen molar-refractivity contribution in [3.8, 4) is 5.75 Å². The molecule has 1 unspecified atom stereocenters. The molecule has 1 aromatic rings. The standard InChI is InChI=1S/C12H17F3N2O3/c1-19-5-4-16-6-9-2-3-10(7-17-9)20-8-11(18)12(13,14)15/h2-3,7,11,16,18H,4-6,8H2,1H3. The van der Waals surface area contributed by atoms with Gasteiger partial charge in [-0.3, -0.25) is 4.98 Å². The van der Waals surface area contributed by atoms with Gasteiger partial charge in [-0.1, -0.05) is 0 Å². The van der Waals surface area contributed by atoms with Crippen LogP contribution in [-0.2, 0) is 11.3 Å².